The summed E-state index contributed by atoms with van der Waals surface area (Å²) >= 11 is 0. The number of carboxylic acid groups (broad SMARTS) is 1. The van der Waals surface area contributed by atoms with Crippen LogP contribution in [-0.4, -0.2) is 54.3 Å². The van der Waals surface area contributed by atoms with E-state index in [0.717, 1.165) is 0 Å². The summed E-state index contributed by atoms with van der Waals surface area (Å²) in [5, 5.41) is 8.91. The van der Waals surface area contributed by atoms with Crippen LogP contribution in [0.1, 0.15) is 40.0 Å². The Bertz CT molecular complexity index is 427. The lowest BCUT2D eigenvalue weighted by atomic mass is 9.86. The first-order valence-corrected chi connectivity index (χ1v) is 7.43. The summed E-state index contributed by atoms with van der Waals surface area (Å²) in [6.45, 7) is 9.13. The van der Waals surface area contributed by atoms with Gasteiger partial charge in [-0.15, -0.1) is 0 Å². The van der Waals surface area contributed by atoms with Crippen molar-refractivity contribution in [2.24, 2.45) is 5.41 Å². The minimum absolute atomic E-state index is 0.0116. The molecule has 0 unspecified atom stereocenters. The van der Waals surface area contributed by atoms with Gasteiger partial charge in [0.15, 0.2) is 0 Å². The quantitative estimate of drug-likeness (QED) is 0.516. The van der Waals surface area contributed by atoms with E-state index in [1.807, 2.05) is 20.8 Å². The molecule has 0 radical (unpaired) electrons. The molecule has 0 rings (SSSR count). The smallest absolute Gasteiger partial charge is 0.410 e. The first-order valence-electron chi connectivity index (χ1n) is 7.43. The van der Waals surface area contributed by atoms with Crippen molar-refractivity contribution in [2.45, 2.75) is 46.1 Å². The van der Waals surface area contributed by atoms with Gasteiger partial charge in [0.2, 0.25) is 0 Å². The van der Waals surface area contributed by atoms with Crippen molar-refractivity contribution in [3.8, 4) is 0 Å². The van der Waals surface area contributed by atoms with Gasteiger partial charge in [-0.2, -0.15) is 0 Å². The van der Waals surface area contributed by atoms with Crippen molar-refractivity contribution >= 4 is 18.0 Å². The molecule has 0 aliphatic heterocycles. The van der Waals surface area contributed by atoms with Gasteiger partial charge in [0.05, 0.1) is 7.11 Å². The maximum Gasteiger partial charge on any atom is 0.410 e. The maximum atomic E-state index is 12.2. The van der Waals surface area contributed by atoms with Crippen LogP contribution in [0.4, 0.5) is 4.79 Å². The molecule has 0 aromatic heterocycles. The van der Waals surface area contributed by atoms with E-state index in [9.17, 15) is 14.4 Å². The molecule has 7 nitrogen and oxygen atoms in total. The molecular formula is C16H27NO6. The monoisotopic (exact) mass is 329 g/mol. The zero-order valence-corrected chi connectivity index (χ0v) is 14.3. The second-order valence-corrected chi connectivity index (χ2v) is 6.42. The zero-order chi connectivity index (χ0) is 18.0. The summed E-state index contributed by atoms with van der Waals surface area (Å²) in [5.74, 6) is -1.55. The van der Waals surface area contributed by atoms with Crippen LogP contribution in [0.25, 0.3) is 0 Å². The Hall–Kier alpha value is -2.05. The van der Waals surface area contributed by atoms with Crippen molar-refractivity contribution in [3.63, 3.8) is 0 Å². The van der Waals surface area contributed by atoms with Crippen molar-refractivity contribution in [1.82, 2.24) is 4.90 Å². The van der Waals surface area contributed by atoms with Crippen LogP contribution in [0.5, 0.6) is 0 Å². The van der Waals surface area contributed by atoms with Gasteiger partial charge < -0.3 is 14.6 Å². The summed E-state index contributed by atoms with van der Waals surface area (Å²) in [4.78, 5) is 35.9. The fourth-order valence-corrected chi connectivity index (χ4v) is 2.12. The molecule has 0 heterocycles. The Morgan fingerprint density at radius 3 is 2.35 bits per heavy atom. The third-order valence-electron chi connectivity index (χ3n) is 3.07. The Kier molecular flexibility index (Phi) is 8.98. The van der Waals surface area contributed by atoms with Gasteiger partial charge in [0.25, 0.3) is 0 Å². The number of aliphatic carboxylic acids is 1. The van der Waals surface area contributed by atoms with Crippen molar-refractivity contribution in [3.05, 3.63) is 12.7 Å². The minimum Gasteiger partial charge on any atom is -0.481 e. The molecule has 0 aromatic carbocycles. The molecule has 1 atom stereocenters. The summed E-state index contributed by atoms with van der Waals surface area (Å²) in [6, 6.07) is -0.442. The predicted octanol–water partition coefficient (Wildman–Crippen LogP) is 2.45. The summed E-state index contributed by atoms with van der Waals surface area (Å²) < 4.78 is 9.63. The molecule has 23 heavy (non-hydrogen) atoms. The number of nitrogens with zero attached hydrogens (tertiary/aromatic N) is 1. The average molecular weight is 329 g/mol. The molecule has 132 valence electrons. The lowest BCUT2D eigenvalue weighted by Gasteiger charge is -2.34. The highest BCUT2D eigenvalue weighted by Gasteiger charge is 2.31. The van der Waals surface area contributed by atoms with Crippen LogP contribution in [-0.2, 0) is 19.1 Å². The van der Waals surface area contributed by atoms with E-state index < -0.39 is 24.1 Å². The molecule has 0 spiro atoms. The SMILES string of the molecule is C=CCOC(=O)N(CC(=O)OC)[C@H](CCC(=O)O)CC(C)(C)C. The third-order valence-corrected chi connectivity index (χ3v) is 3.07. The van der Waals surface area contributed by atoms with E-state index in [-0.39, 0.29) is 31.4 Å². The van der Waals surface area contributed by atoms with Gasteiger partial charge in [-0.3, -0.25) is 14.5 Å². The third kappa shape index (κ3) is 9.55. The Balaban J connectivity index is 5.29. The average Bonchev–Trinajstić information content (AvgIpc) is 2.45. The number of amides is 1. The molecule has 0 aliphatic rings. The second-order valence-electron chi connectivity index (χ2n) is 6.42. The van der Waals surface area contributed by atoms with Crippen LogP contribution >= 0.6 is 0 Å². The number of carbonyl (C=O) groups is 3. The van der Waals surface area contributed by atoms with Crippen molar-refractivity contribution < 1.29 is 29.0 Å². The number of methoxy groups -OCH3 is 1. The number of ether oxygens (including phenoxy) is 2. The van der Waals surface area contributed by atoms with E-state index in [4.69, 9.17) is 9.84 Å². The van der Waals surface area contributed by atoms with E-state index in [1.165, 1.54) is 18.1 Å². The number of carboxylic acids is 1. The van der Waals surface area contributed by atoms with E-state index in [0.29, 0.717) is 6.42 Å². The molecule has 0 aliphatic carbocycles. The van der Waals surface area contributed by atoms with Crippen LogP contribution in [0.3, 0.4) is 0 Å². The molecular weight excluding hydrogens is 302 g/mol. The minimum atomic E-state index is -0.957. The number of rotatable bonds is 9. The van der Waals surface area contributed by atoms with Crippen LogP contribution < -0.4 is 0 Å². The van der Waals surface area contributed by atoms with Crippen molar-refractivity contribution in [1.29, 1.82) is 0 Å². The molecule has 0 bridgehead atoms. The van der Waals surface area contributed by atoms with Gasteiger partial charge in [0.1, 0.15) is 13.2 Å². The zero-order valence-electron chi connectivity index (χ0n) is 14.3. The topological polar surface area (TPSA) is 93.1 Å². The molecule has 0 saturated heterocycles. The summed E-state index contributed by atoms with van der Waals surface area (Å²) in [5.41, 5.74) is -0.156. The van der Waals surface area contributed by atoms with Gasteiger partial charge in [-0.25, -0.2) is 4.79 Å². The van der Waals surface area contributed by atoms with E-state index in [1.54, 1.807) is 0 Å². The molecule has 0 saturated carbocycles. The first kappa shape index (κ1) is 20.9. The number of carbonyl (C=O) groups excluding carboxylic acids is 2. The molecule has 0 aromatic rings. The van der Waals surface area contributed by atoms with E-state index in [2.05, 4.69) is 11.3 Å². The number of hydrogen-bond acceptors (Lipinski definition) is 5. The molecule has 0 fully saturated rings. The highest BCUT2D eigenvalue weighted by molar-refractivity contribution is 5.78. The summed E-state index contributed by atoms with van der Waals surface area (Å²) in [6.07, 6.45) is 1.39. The molecule has 7 heteroatoms. The van der Waals surface area contributed by atoms with Crippen LogP contribution in [0.15, 0.2) is 12.7 Å². The normalized spacial score (nSPS) is 12.2. The lowest BCUT2D eigenvalue weighted by Crippen LogP contribution is -2.46. The highest BCUT2D eigenvalue weighted by Crippen LogP contribution is 2.26. The standard InChI is InChI=1S/C16H27NO6/c1-6-9-23-15(21)17(11-14(20)22-5)12(7-8-13(18)19)10-16(2,3)4/h6,12H,1,7-11H2,2-5H3,(H,18,19)/t12-/m1/s1. The first-order chi connectivity index (χ1) is 10.6. The van der Waals surface area contributed by atoms with Gasteiger partial charge >= 0.3 is 18.0 Å². The fourth-order valence-electron chi connectivity index (χ4n) is 2.12. The van der Waals surface area contributed by atoms with Crippen LogP contribution in [0.2, 0.25) is 0 Å². The largest absolute Gasteiger partial charge is 0.481 e. The second kappa shape index (κ2) is 9.86. The van der Waals surface area contributed by atoms with Gasteiger partial charge in [-0.1, -0.05) is 33.4 Å². The molecule has 1 amide bonds. The Morgan fingerprint density at radius 2 is 1.91 bits per heavy atom. The fraction of sp³-hybridized carbons (Fsp3) is 0.688. The number of esters is 1. The highest BCUT2D eigenvalue weighted by atomic mass is 16.6. The molecule has 1 N–H and O–H groups in total. The summed E-state index contributed by atoms with van der Waals surface area (Å²) in [7, 11) is 1.23. The van der Waals surface area contributed by atoms with Gasteiger partial charge in [0, 0.05) is 12.5 Å². The van der Waals surface area contributed by atoms with Gasteiger partial charge in [-0.05, 0) is 18.3 Å². The Labute approximate surface area is 137 Å². The predicted molar refractivity (Wildman–Crippen MR) is 85.0 cm³/mol. The van der Waals surface area contributed by atoms with Crippen molar-refractivity contribution in [2.75, 3.05) is 20.3 Å². The van der Waals surface area contributed by atoms with Crippen LogP contribution in [0, 0.1) is 5.41 Å². The maximum absolute atomic E-state index is 12.2. The Morgan fingerprint density at radius 1 is 1.30 bits per heavy atom. The number of hydrogen-bond donors (Lipinski definition) is 1. The van der Waals surface area contributed by atoms with E-state index >= 15 is 0 Å². The lowest BCUT2D eigenvalue weighted by molar-refractivity contribution is -0.142.